The van der Waals surface area contributed by atoms with Crippen LogP contribution in [-0.2, 0) is 30.7 Å². The molecule has 1 aliphatic carbocycles. The minimum Gasteiger partial charge on any atom is -0.351 e. The van der Waals surface area contributed by atoms with Gasteiger partial charge in [0.05, 0.1) is 10.6 Å². The number of aromatic nitrogens is 2. The molecule has 2 heterocycles. The van der Waals surface area contributed by atoms with E-state index in [1.165, 1.54) is 34.2 Å². The molecule has 1 aliphatic rings. The van der Waals surface area contributed by atoms with Gasteiger partial charge in [-0.15, -0.1) is 11.3 Å². The van der Waals surface area contributed by atoms with Gasteiger partial charge in [-0.25, -0.2) is 4.98 Å². The number of fused-ring (bicyclic) bond motifs is 3. The van der Waals surface area contributed by atoms with Crippen LogP contribution >= 0.6 is 23.1 Å². The van der Waals surface area contributed by atoms with Gasteiger partial charge in [0.15, 0.2) is 5.16 Å². The summed E-state index contributed by atoms with van der Waals surface area (Å²) in [5.74, 6) is -0.0527. The van der Waals surface area contributed by atoms with E-state index >= 15 is 0 Å². The normalized spacial score (nSPS) is 14.5. The monoisotopic (exact) mass is 441 g/mol. The zero-order valence-corrected chi connectivity index (χ0v) is 19.3. The zero-order valence-electron chi connectivity index (χ0n) is 17.7. The Kier molecular flexibility index (Phi) is 6.29. The van der Waals surface area contributed by atoms with Crippen LogP contribution in [0.25, 0.3) is 10.2 Å². The summed E-state index contributed by atoms with van der Waals surface area (Å²) in [6, 6.07) is 8.13. The molecular weight excluding hydrogens is 414 g/mol. The first kappa shape index (κ1) is 21.1. The van der Waals surface area contributed by atoms with E-state index in [4.69, 9.17) is 4.98 Å². The highest BCUT2D eigenvalue weighted by atomic mass is 32.2. The van der Waals surface area contributed by atoms with Gasteiger partial charge in [-0.05, 0) is 57.6 Å². The first-order valence-electron chi connectivity index (χ1n) is 10.5. The molecule has 1 amide bonds. The molecule has 4 rings (SSSR count). The predicted octanol–water partition coefficient (Wildman–Crippen LogP) is 4.46. The number of thioether (sulfide) groups is 1. The van der Waals surface area contributed by atoms with Gasteiger partial charge < -0.3 is 5.32 Å². The van der Waals surface area contributed by atoms with Gasteiger partial charge in [-0.1, -0.05) is 41.6 Å². The van der Waals surface area contributed by atoms with Crippen molar-refractivity contribution in [1.82, 2.24) is 14.9 Å². The number of amides is 1. The minimum absolute atomic E-state index is 0.0386. The van der Waals surface area contributed by atoms with Crippen molar-refractivity contribution >= 4 is 39.2 Å². The molecule has 0 radical (unpaired) electrons. The molecule has 0 aliphatic heterocycles. The highest BCUT2D eigenvalue weighted by Crippen LogP contribution is 2.35. The number of rotatable bonds is 6. The van der Waals surface area contributed by atoms with Crippen LogP contribution in [0.1, 0.15) is 48.3 Å². The minimum atomic E-state index is -0.341. The van der Waals surface area contributed by atoms with E-state index in [-0.39, 0.29) is 16.7 Å². The first-order valence-corrected chi connectivity index (χ1v) is 12.2. The van der Waals surface area contributed by atoms with Crippen molar-refractivity contribution in [2.75, 3.05) is 0 Å². The maximum absolute atomic E-state index is 13.2. The van der Waals surface area contributed by atoms with Crippen molar-refractivity contribution in [3.8, 4) is 0 Å². The number of nitrogens with zero attached hydrogens (tertiary/aromatic N) is 2. The molecule has 0 fully saturated rings. The molecule has 2 aromatic heterocycles. The summed E-state index contributed by atoms with van der Waals surface area (Å²) in [5.41, 5.74) is 3.52. The summed E-state index contributed by atoms with van der Waals surface area (Å²) >= 11 is 3.01. The Morgan fingerprint density at radius 2 is 2.00 bits per heavy atom. The van der Waals surface area contributed by atoms with Crippen LogP contribution in [0.15, 0.2) is 34.2 Å². The summed E-state index contributed by atoms with van der Waals surface area (Å²) in [4.78, 5) is 32.8. The molecule has 5 nitrogen and oxygen atoms in total. The average Bonchev–Trinajstić information content (AvgIpc) is 3.11. The summed E-state index contributed by atoms with van der Waals surface area (Å²) in [6.45, 7) is 6.91. The molecule has 1 atom stereocenters. The number of nitrogens with one attached hydrogen (secondary N) is 1. The number of benzene rings is 1. The number of hydrogen-bond acceptors (Lipinski definition) is 5. The standard InChI is InChI=1S/C23H27N3O2S2/c1-4-26-22(28)19-17-7-5-6-8-18(17)30-21(19)25-23(26)29-15(3)20(27)24-13-16-11-9-14(2)10-12-16/h9-12,15H,4-8,13H2,1-3H3,(H,24,27). The third-order valence-electron chi connectivity index (χ3n) is 5.59. The smallest absolute Gasteiger partial charge is 0.263 e. The van der Waals surface area contributed by atoms with Crippen LogP contribution < -0.4 is 10.9 Å². The number of thiophene rings is 1. The predicted molar refractivity (Wildman–Crippen MR) is 125 cm³/mol. The largest absolute Gasteiger partial charge is 0.351 e. The molecule has 0 spiro atoms. The van der Waals surface area contributed by atoms with Crippen molar-refractivity contribution in [2.45, 2.75) is 70.0 Å². The highest BCUT2D eigenvalue weighted by molar-refractivity contribution is 8.00. The summed E-state index contributed by atoms with van der Waals surface area (Å²) < 4.78 is 1.72. The quantitative estimate of drug-likeness (QED) is 0.453. The highest BCUT2D eigenvalue weighted by Gasteiger charge is 2.24. The van der Waals surface area contributed by atoms with Crippen LogP contribution in [-0.4, -0.2) is 20.7 Å². The second-order valence-corrected chi connectivity index (χ2v) is 10.2. The van der Waals surface area contributed by atoms with Gasteiger partial charge in [0.1, 0.15) is 4.83 Å². The van der Waals surface area contributed by atoms with Gasteiger partial charge in [-0.2, -0.15) is 0 Å². The van der Waals surface area contributed by atoms with Crippen molar-refractivity contribution in [3.05, 3.63) is 56.2 Å². The fourth-order valence-corrected chi connectivity index (χ4v) is 6.14. The van der Waals surface area contributed by atoms with Crippen molar-refractivity contribution in [1.29, 1.82) is 0 Å². The second kappa shape index (κ2) is 8.94. The molecule has 1 aromatic carbocycles. The molecule has 0 saturated heterocycles. The Morgan fingerprint density at radius 3 is 2.73 bits per heavy atom. The van der Waals surface area contributed by atoms with Crippen LogP contribution in [0, 0.1) is 6.92 Å². The number of hydrogen-bond donors (Lipinski definition) is 1. The van der Waals surface area contributed by atoms with E-state index in [1.807, 2.05) is 45.0 Å². The summed E-state index contributed by atoms with van der Waals surface area (Å²) in [6.07, 6.45) is 4.34. The van der Waals surface area contributed by atoms with Gasteiger partial charge in [0, 0.05) is 18.0 Å². The summed E-state index contributed by atoms with van der Waals surface area (Å²) in [7, 11) is 0. The van der Waals surface area contributed by atoms with Crippen molar-refractivity contribution < 1.29 is 4.79 Å². The zero-order chi connectivity index (χ0) is 21.3. The lowest BCUT2D eigenvalue weighted by Gasteiger charge is -2.15. The Labute approximate surface area is 184 Å². The average molecular weight is 442 g/mol. The molecule has 30 heavy (non-hydrogen) atoms. The topological polar surface area (TPSA) is 64.0 Å². The van der Waals surface area contributed by atoms with Gasteiger partial charge >= 0.3 is 0 Å². The molecule has 158 valence electrons. The third-order valence-corrected chi connectivity index (χ3v) is 7.87. The fourth-order valence-electron chi connectivity index (χ4n) is 3.84. The second-order valence-electron chi connectivity index (χ2n) is 7.80. The number of carbonyl (C=O) groups excluding carboxylic acids is 1. The first-order chi connectivity index (χ1) is 14.5. The lowest BCUT2D eigenvalue weighted by atomic mass is 9.97. The van der Waals surface area contributed by atoms with Crippen LogP contribution in [0.5, 0.6) is 0 Å². The van der Waals surface area contributed by atoms with E-state index in [9.17, 15) is 9.59 Å². The van der Waals surface area contributed by atoms with Crippen LogP contribution in [0.4, 0.5) is 0 Å². The lowest BCUT2D eigenvalue weighted by Crippen LogP contribution is -2.31. The molecule has 1 unspecified atom stereocenters. The number of aryl methyl sites for hydroxylation is 3. The van der Waals surface area contributed by atoms with E-state index in [2.05, 4.69) is 5.32 Å². The third kappa shape index (κ3) is 4.18. The molecular formula is C23H27N3O2S2. The van der Waals surface area contributed by atoms with E-state index in [0.717, 1.165) is 35.0 Å². The molecule has 3 aromatic rings. The van der Waals surface area contributed by atoms with Crippen LogP contribution in [0.3, 0.4) is 0 Å². The Hall–Kier alpha value is -2.12. The maximum Gasteiger partial charge on any atom is 0.263 e. The van der Waals surface area contributed by atoms with Crippen LogP contribution in [0.2, 0.25) is 0 Å². The van der Waals surface area contributed by atoms with Gasteiger partial charge in [0.25, 0.3) is 5.56 Å². The molecule has 7 heteroatoms. The van der Waals surface area contributed by atoms with Crippen molar-refractivity contribution in [2.24, 2.45) is 0 Å². The molecule has 1 N–H and O–H groups in total. The Balaban J connectivity index is 1.54. The van der Waals surface area contributed by atoms with E-state index in [1.54, 1.807) is 15.9 Å². The van der Waals surface area contributed by atoms with E-state index in [0.29, 0.717) is 18.2 Å². The lowest BCUT2D eigenvalue weighted by molar-refractivity contribution is -0.120. The molecule has 0 saturated carbocycles. The SMILES string of the molecule is CCn1c(SC(C)C(=O)NCc2ccc(C)cc2)nc2sc3c(c2c1=O)CCCC3. The van der Waals surface area contributed by atoms with Gasteiger partial charge in [0.2, 0.25) is 5.91 Å². The Morgan fingerprint density at radius 1 is 1.27 bits per heavy atom. The molecule has 0 bridgehead atoms. The van der Waals surface area contributed by atoms with Gasteiger partial charge in [-0.3, -0.25) is 14.2 Å². The van der Waals surface area contributed by atoms with Crippen molar-refractivity contribution in [3.63, 3.8) is 0 Å². The summed E-state index contributed by atoms with van der Waals surface area (Å²) in [5, 5.41) is 4.09. The number of carbonyl (C=O) groups is 1. The Bertz CT molecular complexity index is 1130. The van der Waals surface area contributed by atoms with E-state index < -0.39 is 0 Å². The maximum atomic E-state index is 13.2. The fraction of sp³-hybridized carbons (Fsp3) is 0.435.